The van der Waals surface area contributed by atoms with Crippen LogP contribution in [0.15, 0.2) is 18.2 Å². The molecule has 19 heavy (non-hydrogen) atoms. The average molecular weight is 308 g/mol. The van der Waals surface area contributed by atoms with Gasteiger partial charge in [0.15, 0.2) is 0 Å². The summed E-state index contributed by atoms with van der Waals surface area (Å²) in [6.45, 7) is 6.02. The monoisotopic (exact) mass is 307 g/mol. The van der Waals surface area contributed by atoms with Gasteiger partial charge in [-0.1, -0.05) is 11.6 Å². The molecule has 0 fully saturated rings. The Morgan fingerprint density at radius 3 is 2.21 bits per heavy atom. The molecule has 0 aliphatic carbocycles. The second-order valence-electron chi connectivity index (χ2n) is 4.59. The molecule has 1 aromatic carbocycles. The highest BCUT2D eigenvalue weighted by molar-refractivity contribution is 6.68. The van der Waals surface area contributed by atoms with Crippen LogP contribution in [-0.4, -0.2) is 15.7 Å². The Balaban J connectivity index is 0.000000459. The highest BCUT2D eigenvalue weighted by Crippen LogP contribution is 2.24. The number of halogens is 2. The van der Waals surface area contributed by atoms with Gasteiger partial charge in [0, 0.05) is 16.6 Å². The van der Waals surface area contributed by atoms with Crippen molar-refractivity contribution < 1.29 is 9.72 Å². The van der Waals surface area contributed by atoms with Crippen LogP contribution in [0.1, 0.15) is 31.1 Å². The molecule has 8 heteroatoms. The standard InChI is InChI=1S/C7H3Cl2NO3.C4H12N2/c8-4-1-2-5(7(9)11)6(3-4)10(12)13;1-4(2,3)6-5/h1-3H;6H,5H2,1-3H3. The number of rotatable bonds is 2. The lowest BCUT2D eigenvalue weighted by atomic mass is 10.1. The van der Waals surface area contributed by atoms with Gasteiger partial charge in [0.05, 0.1) is 4.92 Å². The third-order valence-electron chi connectivity index (χ3n) is 1.80. The number of benzene rings is 1. The van der Waals surface area contributed by atoms with Crippen molar-refractivity contribution in [1.82, 2.24) is 5.43 Å². The second-order valence-corrected chi connectivity index (χ2v) is 5.37. The third kappa shape index (κ3) is 7.07. The Labute approximate surface area is 121 Å². The number of hydrazine groups is 1. The smallest absolute Gasteiger partial charge is 0.275 e. The molecule has 1 aromatic rings. The van der Waals surface area contributed by atoms with Crippen LogP contribution in [0.4, 0.5) is 5.69 Å². The fourth-order valence-corrected chi connectivity index (χ4v) is 1.15. The zero-order chi connectivity index (χ0) is 15.2. The molecule has 0 heterocycles. The van der Waals surface area contributed by atoms with Gasteiger partial charge in [-0.2, -0.15) is 0 Å². The van der Waals surface area contributed by atoms with E-state index < -0.39 is 10.2 Å². The fraction of sp³-hybridized carbons (Fsp3) is 0.364. The van der Waals surface area contributed by atoms with E-state index in [9.17, 15) is 14.9 Å². The molecule has 0 aliphatic heterocycles. The predicted molar refractivity (Wildman–Crippen MR) is 75.4 cm³/mol. The number of carbonyl (C=O) groups excluding carboxylic acids is 1. The van der Waals surface area contributed by atoms with Crippen molar-refractivity contribution in [2.45, 2.75) is 26.3 Å². The molecule has 3 N–H and O–H groups in total. The molecule has 0 saturated carbocycles. The molecular formula is C11H15Cl2N3O3. The van der Waals surface area contributed by atoms with Gasteiger partial charge >= 0.3 is 0 Å². The summed E-state index contributed by atoms with van der Waals surface area (Å²) in [7, 11) is 0. The van der Waals surface area contributed by atoms with Crippen LogP contribution in [0.5, 0.6) is 0 Å². The minimum absolute atomic E-state index is 0.0694. The largest absolute Gasteiger partial charge is 0.282 e. The minimum Gasteiger partial charge on any atom is -0.275 e. The first kappa shape index (κ1) is 17.8. The van der Waals surface area contributed by atoms with E-state index in [2.05, 4.69) is 5.43 Å². The van der Waals surface area contributed by atoms with Gasteiger partial charge < -0.3 is 0 Å². The van der Waals surface area contributed by atoms with E-state index in [1.807, 2.05) is 20.8 Å². The lowest BCUT2D eigenvalue weighted by molar-refractivity contribution is -0.385. The number of nitrogens with two attached hydrogens (primary N) is 1. The first-order valence-corrected chi connectivity index (χ1v) is 5.95. The summed E-state index contributed by atoms with van der Waals surface area (Å²) in [4.78, 5) is 20.4. The van der Waals surface area contributed by atoms with Crippen LogP contribution in [-0.2, 0) is 0 Å². The molecule has 0 aromatic heterocycles. The van der Waals surface area contributed by atoms with Crippen molar-refractivity contribution in [3.63, 3.8) is 0 Å². The summed E-state index contributed by atoms with van der Waals surface area (Å²) in [5, 5.41) is 9.73. The summed E-state index contributed by atoms with van der Waals surface area (Å²) in [6, 6.07) is 3.66. The van der Waals surface area contributed by atoms with Crippen LogP contribution in [0.2, 0.25) is 5.02 Å². The maximum atomic E-state index is 10.7. The Morgan fingerprint density at radius 1 is 1.42 bits per heavy atom. The number of nitro groups is 1. The molecule has 0 bridgehead atoms. The van der Waals surface area contributed by atoms with Crippen molar-refractivity contribution >= 4 is 34.1 Å². The van der Waals surface area contributed by atoms with E-state index in [4.69, 9.17) is 29.0 Å². The first-order chi connectivity index (χ1) is 8.58. The van der Waals surface area contributed by atoms with Crippen molar-refractivity contribution in [1.29, 1.82) is 0 Å². The summed E-state index contributed by atoms with van der Waals surface area (Å²) in [5.41, 5.74) is 2.14. The van der Waals surface area contributed by atoms with Crippen molar-refractivity contribution in [3.05, 3.63) is 38.9 Å². The van der Waals surface area contributed by atoms with E-state index in [-0.39, 0.29) is 21.8 Å². The Kier molecular flexibility index (Phi) is 6.93. The topological polar surface area (TPSA) is 98.3 Å². The number of hydrogen-bond donors (Lipinski definition) is 2. The quantitative estimate of drug-likeness (QED) is 0.379. The SMILES string of the molecule is CC(C)(C)NN.O=C(Cl)c1ccc(Cl)cc1[N+](=O)[O-]. The highest BCUT2D eigenvalue weighted by Gasteiger charge is 2.18. The van der Waals surface area contributed by atoms with E-state index in [0.29, 0.717) is 0 Å². The summed E-state index contributed by atoms with van der Waals surface area (Å²) < 4.78 is 0. The summed E-state index contributed by atoms with van der Waals surface area (Å²) in [6.07, 6.45) is 0. The van der Waals surface area contributed by atoms with Gasteiger partial charge in [-0.15, -0.1) is 0 Å². The second kappa shape index (κ2) is 7.40. The number of nitro benzene ring substituents is 1. The fourth-order valence-electron chi connectivity index (χ4n) is 0.822. The zero-order valence-corrected chi connectivity index (χ0v) is 12.2. The van der Waals surface area contributed by atoms with E-state index in [1.165, 1.54) is 12.1 Å². The molecule has 0 saturated heterocycles. The minimum atomic E-state index is -0.872. The van der Waals surface area contributed by atoms with Gasteiger partial charge in [0.25, 0.3) is 10.9 Å². The lowest BCUT2D eigenvalue weighted by Gasteiger charge is -2.14. The molecule has 0 aliphatic rings. The number of nitrogens with zero attached hydrogens (tertiary/aromatic N) is 1. The first-order valence-electron chi connectivity index (χ1n) is 5.20. The number of carbonyl (C=O) groups is 1. The van der Waals surface area contributed by atoms with Crippen LogP contribution in [0.3, 0.4) is 0 Å². The predicted octanol–water partition coefficient (Wildman–Crippen LogP) is 2.88. The Hall–Kier alpha value is -1.21. The van der Waals surface area contributed by atoms with Crippen molar-refractivity contribution in [2.24, 2.45) is 5.84 Å². The van der Waals surface area contributed by atoms with Gasteiger partial charge in [-0.3, -0.25) is 26.2 Å². The van der Waals surface area contributed by atoms with Crippen molar-refractivity contribution in [3.8, 4) is 0 Å². The number of hydrogen-bond acceptors (Lipinski definition) is 5. The van der Waals surface area contributed by atoms with E-state index in [1.54, 1.807) is 0 Å². The van der Waals surface area contributed by atoms with Gasteiger partial charge in [-0.25, -0.2) is 0 Å². The molecule has 0 radical (unpaired) electrons. The Bertz CT molecular complexity index is 473. The van der Waals surface area contributed by atoms with Gasteiger partial charge in [0.2, 0.25) is 0 Å². The van der Waals surface area contributed by atoms with Crippen LogP contribution < -0.4 is 11.3 Å². The molecule has 106 valence electrons. The van der Waals surface area contributed by atoms with Gasteiger partial charge in [0.1, 0.15) is 5.56 Å². The lowest BCUT2D eigenvalue weighted by Crippen LogP contribution is -2.41. The van der Waals surface area contributed by atoms with E-state index in [0.717, 1.165) is 6.07 Å². The molecule has 6 nitrogen and oxygen atoms in total. The van der Waals surface area contributed by atoms with Crippen molar-refractivity contribution in [2.75, 3.05) is 0 Å². The molecule has 0 atom stereocenters. The molecular weight excluding hydrogens is 293 g/mol. The Morgan fingerprint density at radius 2 is 1.89 bits per heavy atom. The zero-order valence-electron chi connectivity index (χ0n) is 10.7. The average Bonchev–Trinajstić information content (AvgIpc) is 2.28. The van der Waals surface area contributed by atoms with Crippen LogP contribution in [0, 0.1) is 10.1 Å². The maximum Gasteiger partial charge on any atom is 0.282 e. The third-order valence-corrected chi connectivity index (χ3v) is 2.24. The summed E-state index contributed by atoms with van der Waals surface area (Å²) >= 11 is 10.6. The molecule has 0 spiro atoms. The normalized spacial score (nSPS) is 10.4. The molecule has 1 rings (SSSR count). The maximum absolute atomic E-state index is 10.7. The van der Waals surface area contributed by atoms with Crippen LogP contribution >= 0.6 is 23.2 Å². The molecule has 0 unspecified atom stereocenters. The van der Waals surface area contributed by atoms with Crippen LogP contribution in [0.25, 0.3) is 0 Å². The van der Waals surface area contributed by atoms with E-state index >= 15 is 0 Å². The summed E-state index contributed by atoms with van der Waals surface area (Å²) in [5.74, 6) is 5.06. The molecule has 0 amide bonds. The van der Waals surface area contributed by atoms with Gasteiger partial charge in [-0.05, 0) is 44.5 Å². The highest BCUT2D eigenvalue weighted by atomic mass is 35.5. The number of nitrogens with one attached hydrogen (secondary N) is 1.